The van der Waals surface area contributed by atoms with Crippen LogP contribution in [0.1, 0.15) is 57.4 Å². The minimum Gasteiger partial charge on any atom is -0.326 e. The van der Waals surface area contributed by atoms with E-state index in [4.69, 9.17) is 0 Å². The van der Waals surface area contributed by atoms with Crippen molar-refractivity contribution in [2.45, 2.75) is 58.4 Å². The molecule has 1 aromatic carbocycles. The third-order valence-corrected chi connectivity index (χ3v) is 4.27. The van der Waals surface area contributed by atoms with Crippen molar-refractivity contribution in [1.82, 2.24) is 5.32 Å². The van der Waals surface area contributed by atoms with Crippen LogP contribution in [-0.4, -0.2) is 12.5 Å². The highest BCUT2D eigenvalue weighted by molar-refractivity contribution is 5.90. The highest BCUT2D eigenvalue weighted by Gasteiger charge is 2.16. The van der Waals surface area contributed by atoms with E-state index in [9.17, 15) is 4.79 Å². The first-order valence-electron chi connectivity index (χ1n) is 8.37. The van der Waals surface area contributed by atoms with Gasteiger partial charge in [0.05, 0.1) is 0 Å². The van der Waals surface area contributed by atoms with Crippen LogP contribution in [0.3, 0.4) is 0 Å². The van der Waals surface area contributed by atoms with Crippen LogP contribution in [0.25, 0.3) is 0 Å². The topological polar surface area (TPSA) is 41.1 Å². The van der Waals surface area contributed by atoms with Crippen LogP contribution in [0, 0.1) is 5.92 Å². The summed E-state index contributed by atoms with van der Waals surface area (Å²) in [5.41, 5.74) is 2.16. The second-order valence-electron chi connectivity index (χ2n) is 6.09. The van der Waals surface area contributed by atoms with Gasteiger partial charge in [-0.25, -0.2) is 0 Å². The molecule has 0 aliphatic heterocycles. The van der Waals surface area contributed by atoms with E-state index < -0.39 is 0 Å². The molecule has 1 aromatic rings. The van der Waals surface area contributed by atoms with Gasteiger partial charge in [0.25, 0.3) is 0 Å². The first kappa shape index (κ1) is 16.0. The summed E-state index contributed by atoms with van der Waals surface area (Å²) in [5.74, 6) is 0.752. The molecule has 1 amide bonds. The molecule has 0 bridgehead atoms. The molecule has 1 fully saturated rings. The molecule has 0 unspecified atom stereocenters. The van der Waals surface area contributed by atoms with Crippen LogP contribution in [-0.2, 0) is 11.3 Å². The maximum Gasteiger partial charge on any atom is 0.224 e. The van der Waals surface area contributed by atoms with Gasteiger partial charge in [-0.05, 0) is 43.0 Å². The lowest BCUT2D eigenvalue weighted by atomic mass is 9.96. The molecule has 2 rings (SSSR count). The highest BCUT2D eigenvalue weighted by atomic mass is 16.1. The summed E-state index contributed by atoms with van der Waals surface area (Å²) in [6.45, 7) is 3.95. The molecule has 1 saturated carbocycles. The fraction of sp³-hybridized carbons (Fsp3) is 0.611. The lowest BCUT2D eigenvalue weighted by Gasteiger charge is -2.13. The van der Waals surface area contributed by atoms with E-state index in [1.807, 2.05) is 12.1 Å². The minimum atomic E-state index is 0.168. The maximum absolute atomic E-state index is 12.1. The van der Waals surface area contributed by atoms with Crippen LogP contribution < -0.4 is 10.6 Å². The molecule has 1 aliphatic rings. The summed E-state index contributed by atoms with van der Waals surface area (Å²) in [7, 11) is 0. The quantitative estimate of drug-likeness (QED) is 0.774. The van der Waals surface area contributed by atoms with Crippen LogP contribution in [0.15, 0.2) is 24.3 Å². The summed E-state index contributed by atoms with van der Waals surface area (Å²) in [6.07, 6.45) is 8.37. The van der Waals surface area contributed by atoms with Gasteiger partial charge in [0, 0.05) is 18.7 Å². The number of amides is 1. The zero-order valence-corrected chi connectivity index (χ0v) is 13.2. The monoisotopic (exact) mass is 288 g/mol. The first-order valence-corrected chi connectivity index (χ1v) is 8.37. The van der Waals surface area contributed by atoms with Gasteiger partial charge in [-0.2, -0.15) is 0 Å². The lowest BCUT2D eigenvalue weighted by Crippen LogP contribution is -2.16. The van der Waals surface area contributed by atoms with Crippen molar-refractivity contribution < 1.29 is 4.79 Å². The van der Waals surface area contributed by atoms with Gasteiger partial charge in [-0.15, -0.1) is 0 Å². The van der Waals surface area contributed by atoms with Gasteiger partial charge < -0.3 is 10.6 Å². The number of nitrogens with one attached hydrogen (secondary N) is 2. The average Bonchev–Trinajstić information content (AvgIpc) is 2.75. The Balaban J connectivity index is 1.78. The number of hydrogen-bond donors (Lipinski definition) is 2. The molecular formula is C18H28N2O. The van der Waals surface area contributed by atoms with Crippen molar-refractivity contribution in [2.24, 2.45) is 5.92 Å². The fourth-order valence-electron chi connectivity index (χ4n) is 3.02. The van der Waals surface area contributed by atoms with Gasteiger partial charge in [-0.1, -0.05) is 44.7 Å². The first-order chi connectivity index (χ1) is 10.3. The fourth-order valence-corrected chi connectivity index (χ4v) is 3.02. The summed E-state index contributed by atoms with van der Waals surface area (Å²) in [5, 5.41) is 6.33. The Morgan fingerprint density at radius 1 is 1.10 bits per heavy atom. The predicted octanol–water partition coefficient (Wildman–Crippen LogP) is 4.10. The molecule has 116 valence electrons. The second-order valence-corrected chi connectivity index (χ2v) is 6.09. The molecule has 0 spiro atoms. The zero-order chi connectivity index (χ0) is 14.9. The number of benzene rings is 1. The van der Waals surface area contributed by atoms with E-state index >= 15 is 0 Å². The van der Waals surface area contributed by atoms with Gasteiger partial charge in [-0.3, -0.25) is 4.79 Å². The Hall–Kier alpha value is -1.35. The van der Waals surface area contributed by atoms with E-state index in [1.165, 1.54) is 44.1 Å². The van der Waals surface area contributed by atoms with Gasteiger partial charge in [0.1, 0.15) is 0 Å². The number of carbonyl (C=O) groups is 1. The molecule has 3 heteroatoms. The van der Waals surface area contributed by atoms with Crippen molar-refractivity contribution in [2.75, 3.05) is 11.9 Å². The minimum absolute atomic E-state index is 0.168. The van der Waals surface area contributed by atoms with E-state index in [0.29, 0.717) is 12.3 Å². The normalized spacial score (nSPS) is 16.4. The van der Waals surface area contributed by atoms with Gasteiger partial charge in [0.2, 0.25) is 5.91 Å². The molecule has 0 atom stereocenters. The van der Waals surface area contributed by atoms with Crippen LogP contribution in [0.2, 0.25) is 0 Å². The maximum atomic E-state index is 12.1. The van der Waals surface area contributed by atoms with Gasteiger partial charge >= 0.3 is 0 Å². The highest BCUT2D eigenvalue weighted by Crippen LogP contribution is 2.25. The summed E-state index contributed by atoms with van der Waals surface area (Å²) < 4.78 is 0. The summed E-state index contributed by atoms with van der Waals surface area (Å²) in [6, 6.07) is 8.14. The van der Waals surface area contributed by atoms with E-state index in [-0.39, 0.29) is 5.91 Å². The number of carbonyl (C=O) groups excluding carboxylic acids is 1. The van der Waals surface area contributed by atoms with Crippen LogP contribution >= 0.6 is 0 Å². The molecule has 0 aromatic heterocycles. The van der Waals surface area contributed by atoms with Gasteiger partial charge in [0.15, 0.2) is 0 Å². The summed E-state index contributed by atoms with van der Waals surface area (Å²) >= 11 is 0. The van der Waals surface area contributed by atoms with E-state index in [1.54, 1.807) is 0 Å². The Bertz CT molecular complexity index is 419. The smallest absolute Gasteiger partial charge is 0.224 e. The third kappa shape index (κ3) is 5.88. The van der Waals surface area contributed by atoms with Crippen molar-refractivity contribution in [3.8, 4) is 0 Å². The molecule has 1 aliphatic carbocycles. The van der Waals surface area contributed by atoms with E-state index in [2.05, 4.69) is 29.7 Å². The van der Waals surface area contributed by atoms with Crippen molar-refractivity contribution >= 4 is 11.6 Å². The average molecular weight is 288 g/mol. The van der Waals surface area contributed by atoms with Crippen molar-refractivity contribution in [1.29, 1.82) is 0 Å². The predicted molar refractivity (Wildman–Crippen MR) is 88.3 cm³/mol. The Labute approximate surface area is 128 Å². The Kier molecular flexibility index (Phi) is 6.74. The number of hydrogen-bond acceptors (Lipinski definition) is 2. The Morgan fingerprint density at radius 2 is 1.76 bits per heavy atom. The molecule has 3 nitrogen and oxygen atoms in total. The largest absolute Gasteiger partial charge is 0.326 e. The number of anilines is 1. The zero-order valence-electron chi connectivity index (χ0n) is 13.2. The molecule has 21 heavy (non-hydrogen) atoms. The standard InChI is InChI=1S/C18H28N2O/c1-2-19-14-16-9-11-17(12-10-16)20-18(21)13-15-7-5-3-4-6-8-15/h9-12,15,19H,2-8,13-14H2,1H3,(H,20,21). The number of rotatable bonds is 6. The Morgan fingerprint density at radius 3 is 2.38 bits per heavy atom. The molecule has 2 N–H and O–H groups in total. The third-order valence-electron chi connectivity index (χ3n) is 4.27. The van der Waals surface area contributed by atoms with Crippen molar-refractivity contribution in [3.63, 3.8) is 0 Å². The summed E-state index contributed by atoms with van der Waals surface area (Å²) in [4.78, 5) is 12.1. The second kappa shape index (κ2) is 8.83. The van der Waals surface area contributed by atoms with Crippen LogP contribution in [0.5, 0.6) is 0 Å². The molecule has 0 heterocycles. The molecule has 0 radical (unpaired) electrons. The van der Waals surface area contributed by atoms with Crippen LogP contribution in [0.4, 0.5) is 5.69 Å². The molecular weight excluding hydrogens is 260 g/mol. The van der Waals surface area contributed by atoms with Crippen molar-refractivity contribution in [3.05, 3.63) is 29.8 Å². The SMILES string of the molecule is CCNCc1ccc(NC(=O)CC2CCCCCC2)cc1. The molecule has 0 saturated heterocycles. The van der Waals surface area contributed by atoms with E-state index in [0.717, 1.165) is 18.8 Å². The lowest BCUT2D eigenvalue weighted by molar-refractivity contribution is -0.117.